The second kappa shape index (κ2) is 15.4. The summed E-state index contributed by atoms with van der Waals surface area (Å²) in [5, 5.41) is 6.04. The van der Waals surface area contributed by atoms with Crippen molar-refractivity contribution < 1.29 is 19.1 Å². The normalized spacial score (nSPS) is 13.8. The second-order valence-corrected chi connectivity index (χ2v) is 13.9. The molecule has 3 unspecified atom stereocenters. The average Bonchev–Trinajstić information content (AvgIpc) is 2.86. The summed E-state index contributed by atoms with van der Waals surface area (Å²) in [4.78, 5) is 43.9. The number of hydrogen-bond donors (Lipinski definition) is 2. The van der Waals surface area contributed by atoms with Gasteiger partial charge in [-0.1, -0.05) is 69.7 Å². The maximum absolute atomic E-state index is 14.7. The van der Waals surface area contributed by atoms with Gasteiger partial charge in [0.25, 0.3) is 5.91 Å². The number of ether oxygens (including phenoxy) is 1. The van der Waals surface area contributed by atoms with Gasteiger partial charge in [0, 0.05) is 11.7 Å². The van der Waals surface area contributed by atoms with Gasteiger partial charge in [-0.3, -0.25) is 9.59 Å². The van der Waals surface area contributed by atoms with E-state index in [1.165, 1.54) is 0 Å². The van der Waals surface area contributed by atoms with Crippen molar-refractivity contribution in [3.8, 4) is 0 Å². The van der Waals surface area contributed by atoms with E-state index < -0.39 is 23.8 Å². The number of nitrogens with zero attached hydrogens (tertiary/aromatic N) is 1. The van der Waals surface area contributed by atoms with Gasteiger partial charge >= 0.3 is 6.09 Å². The number of benzene rings is 2. The molecule has 2 aromatic rings. The summed E-state index contributed by atoms with van der Waals surface area (Å²) in [6.45, 7) is 23.6. The molecule has 0 radical (unpaired) electrons. The van der Waals surface area contributed by atoms with E-state index in [9.17, 15) is 14.4 Å². The zero-order valence-corrected chi connectivity index (χ0v) is 28.6. The van der Waals surface area contributed by atoms with E-state index in [-0.39, 0.29) is 23.8 Å². The molecule has 0 spiro atoms. The number of carbonyl (C=O) groups is 3. The molecule has 0 saturated carbocycles. The van der Waals surface area contributed by atoms with Crippen LogP contribution in [-0.4, -0.2) is 40.5 Å². The van der Waals surface area contributed by atoms with E-state index in [2.05, 4.69) is 24.5 Å². The van der Waals surface area contributed by atoms with Crippen LogP contribution in [0.25, 0.3) is 0 Å². The van der Waals surface area contributed by atoms with Gasteiger partial charge in [0.15, 0.2) is 0 Å². The van der Waals surface area contributed by atoms with Crippen molar-refractivity contribution >= 4 is 23.6 Å². The summed E-state index contributed by atoms with van der Waals surface area (Å²) < 4.78 is 5.55. The highest BCUT2D eigenvalue weighted by Crippen LogP contribution is 2.32. The summed E-state index contributed by atoms with van der Waals surface area (Å²) in [6, 6.07) is 9.81. The van der Waals surface area contributed by atoms with Crippen molar-refractivity contribution in [2.45, 2.75) is 126 Å². The molecule has 0 aromatic heterocycles. The van der Waals surface area contributed by atoms with Crippen LogP contribution in [0.15, 0.2) is 36.4 Å². The van der Waals surface area contributed by atoms with E-state index in [4.69, 9.17) is 4.74 Å². The smallest absolute Gasteiger partial charge is 0.408 e. The van der Waals surface area contributed by atoms with Crippen LogP contribution in [0.5, 0.6) is 0 Å². The van der Waals surface area contributed by atoms with Crippen LogP contribution in [0, 0.1) is 39.5 Å². The molecule has 238 valence electrons. The fourth-order valence-electron chi connectivity index (χ4n) is 5.39. The standard InChI is InChI=1S/C36H55N3O4/c1-22(2)16-18-28(9)39(34(41)30(20-23(3)4)37-35(42)43-36(10,11)12)32(29-19-17-24(5)21-27(29)8)33(40)38-31-25(6)14-13-15-26(31)7/h13-15,17,19,21-23,28,30,32H,16,18,20H2,1-12H3,(H,37,42)(H,38,40). The molecule has 7 heteroatoms. The van der Waals surface area contributed by atoms with Gasteiger partial charge in [-0.2, -0.15) is 0 Å². The molecule has 0 saturated heterocycles. The first-order chi connectivity index (χ1) is 19.9. The minimum Gasteiger partial charge on any atom is -0.444 e. The first-order valence-electron chi connectivity index (χ1n) is 15.7. The van der Waals surface area contributed by atoms with E-state index in [0.29, 0.717) is 18.8 Å². The molecule has 0 bridgehead atoms. The van der Waals surface area contributed by atoms with Crippen LogP contribution >= 0.6 is 0 Å². The Labute approximate surface area is 260 Å². The Hall–Kier alpha value is -3.35. The van der Waals surface area contributed by atoms with E-state index in [1.807, 2.05) is 84.9 Å². The largest absolute Gasteiger partial charge is 0.444 e. The van der Waals surface area contributed by atoms with Crippen molar-refractivity contribution in [1.82, 2.24) is 10.2 Å². The minimum absolute atomic E-state index is 0.111. The SMILES string of the molecule is Cc1ccc(C(C(=O)Nc2c(C)cccc2C)N(C(=O)C(CC(C)C)NC(=O)OC(C)(C)C)C(C)CCC(C)C)c(C)c1. The number of hydrogen-bond acceptors (Lipinski definition) is 4. The Morgan fingerprint density at radius 1 is 0.837 bits per heavy atom. The minimum atomic E-state index is -0.913. The molecule has 0 aliphatic carbocycles. The van der Waals surface area contributed by atoms with Crippen molar-refractivity contribution in [1.29, 1.82) is 0 Å². The van der Waals surface area contributed by atoms with Crippen LogP contribution in [-0.2, 0) is 14.3 Å². The maximum atomic E-state index is 14.7. The van der Waals surface area contributed by atoms with Crippen LogP contribution < -0.4 is 10.6 Å². The summed E-state index contributed by atoms with van der Waals surface area (Å²) in [5.74, 6) is -0.0411. The van der Waals surface area contributed by atoms with Gasteiger partial charge in [0.05, 0.1) is 0 Å². The third-order valence-electron chi connectivity index (χ3n) is 7.56. The Morgan fingerprint density at radius 2 is 1.44 bits per heavy atom. The predicted molar refractivity (Wildman–Crippen MR) is 176 cm³/mol. The van der Waals surface area contributed by atoms with Crippen molar-refractivity contribution in [2.75, 3.05) is 5.32 Å². The zero-order valence-electron chi connectivity index (χ0n) is 28.6. The van der Waals surface area contributed by atoms with E-state index in [0.717, 1.165) is 39.9 Å². The van der Waals surface area contributed by atoms with E-state index >= 15 is 0 Å². The first-order valence-corrected chi connectivity index (χ1v) is 15.7. The Kier molecular flexibility index (Phi) is 12.8. The molecular weight excluding hydrogens is 538 g/mol. The zero-order chi connectivity index (χ0) is 32.6. The lowest BCUT2D eigenvalue weighted by atomic mass is 9.92. The maximum Gasteiger partial charge on any atom is 0.408 e. The molecule has 0 fully saturated rings. The number of rotatable bonds is 12. The van der Waals surface area contributed by atoms with Crippen LogP contribution in [0.4, 0.5) is 10.5 Å². The molecule has 43 heavy (non-hydrogen) atoms. The lowest BCUT2D eigenvalue weighted by Crippen LogP contribution is -2.55. The highest BCUT2D eigenvalue weighted by atomic mass is 16.6. The molecular formula is C36H55N3O4. The number of anilines is 1. The molecule has 0 heterocycles. The quantitative estimate of drug-likeness (QED) is 0.260. The van der Waals surface area contributed by atoms with E-state index in [1.54, 1.807) is 25.7 Å². The Morgan fingerprint density at radius 3 is 1.95 bits per heavy atom. The third kappa shape index (κ3) is 10.7. The van der Waals surface area contributed by atoms with Gasteiger partial charge in [-0.25, -0.2) is 4.79 Å². The first kappa shape index (κ1) is 35.8. The number of nitrogens with one attached hydrogen (secondary N) is 2. The molecule has 3 atom stereocenters. The summed E-state index contributed by atoms with van der Waals surface area (Å²) in [7, 11) is 0. The molecule has 2 rings (SSSR count). The predicted octanol–water partition coefficient (Wildman–Crippen LogP) is 8.19. The van der Waals surface area contributed by atoms with Gasteiger partial charge in [-0.05, 0) is 109 Å². The lowest BCUT2D eigenvalue weighted by molar-refractivity contribution is -0.144. The summed E-state index contributed by atoms with van der Waals surface area (Å²) in [6.07, 6.45) is 1.35. The molecule has 3 amide bonds. The molecule has 2 aromatic carbocycles. The molecule has 0 aliphatic rings. The Bertz CT molecular complexity index is 1240. The Balaban J connectivity index is 2.72. The molecule has 0 aliphatic heterocycles. The number of para-hydroxylation sites is 1. The van der Waals surface area contributed by atoms with Crippen molar-refractivity contribution in [2.24, 2.45) is 11.8 Å². The summed E-state index contributed by atoms with van der Waals surface area (Å²) >= 11 is 0. The molecule has 2 N–H and O–H groups in total. The van der Waals surface area contributed by atoms with Crippen LogP contribution in [0.1, 0.15) is 109 Å². The van der Waals surface area contributed by atoms with Crippen molar-refractivity contribution in [3.63, 3.8) is 0 Å². The fourth-order valence-corrected chi connectivity index (χ4v) is 5.39. The van der Waals surface area contributed by atoms with Gasteiger partial charge in [0.2, 0.25) is 5.91 Å². The van der Waals surface area contributed by atoms with Crippen molar-refractivity contribution in [3.05, 3.63) is 64.2 Å². The fraction of sp³-hybridized carbons (Fsp3) is 0.583. The second-order valence-electron chi connectivity index (χ2n) is 13.9. The third-order valence-corrected chi connectivity index (χ3v) is 7.56. The highest BCUT2D eigenvalue weighted by molar-refractivity contribution is 6.00. The van der Waals surface area contributed by atoms with Gasteiger partial charge in [0.1, 0.15) is 17.7 Å². The molecule has 7 nitrogen and oxygen atoms in total. The average molecular weight is 594 g/mol. The lowest BCUT2D eigenvalue weighted by Gasteiger charge is -2.39. The van der Waals surface area contributed by atoms with Crippen LogP contribution in [0.3, 0.4) is 0 Å². The topological polar surface area (TPSA) is 87.7 Å². The van der Waals surface area contributed by atoms with Crippen LogP contribution in [0.2, 0.25) is 0 Å². The van der Waals surface area contributed by atoms with Gasteiger partial charge in [-0.15, -0.1) is 0 Å². The summed E-state index contributed by atoms with van der Waals surface area (Å²) in [5.41, 5.74) is 4.69. The highest BCUT2D eigenvalue weighted by Gasteiger charge is 2.40. The number of alkyl carbamates (subject to hydrolysis) is 1. The van der Waals surface area contributed by atoms with Gasteiger partial charge < -0.3 is 20.3 Å². The number of carbonyl (C=O) groups excluding carboxylic acids is 3. The number of aryl methyl sites for hydroxylation is 4. The number of amides is 3. The monoisotopic (exact) mass is 593 g/mol.